The molecule has 0 amide bonds. The zero-order valence-corrected chi connectivity index (χ0v) is 17.0. The molecule has 0 radical (unpaired) electrons. The minimum Gasteiger partial charge on any atom is -0.507 e. The molecule has 0 fully saturated rings. The first kappa shape index (κ1) is 19.2. The van der Waals surface area contributed by atoms with Gasteiger partial charge in [0, 0.05) is 18.5 Å². The van der Waals surface area contributed by atoms with E-state index in [1.807, 2.05) is 25.2 Å². The maximum absolute atomic E-state index is 12.8. The largest absolute Gasteiger partial charge is 0.507 e. The molecule has 0 saturated heterocycles. The molecular weight excluding hydrogens is 394 g/mol. The van der Waals surface area contributed by atoms with Crippen LogP contribution in [-0.4, -0.2) is 23.8 Å². The maximum Gasteiger partial charge on any atom is 0.344 e. The van der Waals surface area contributed by atoms with E-state index in [-0.39, 0.29) is 12.5 Å². The molecule has 0 aliphatic carbocycles. The maximum atomic E-state index is 12.8. The SMILES string of the molecule is CN(Cc1ccccc1)Cc1c(O)ccc2cc(-c3ccc4c(c3)OCO4)c(=O)oc12. The molecule has 1 aliphatic rings. The number of hydrogen-bond donors (Lipinski definition) is 1. The molecule has 0 bridgehead atoms. The molecule has 1 aliphatic heterocycles. The molecule has 2 heterocycles. The Labute approximate surface area is 178 Å². The van der Waals surface area contributed by atoms with E-state index in [1.54, 1.807) is 36.4 Å². The Hall–Kier alpha value is -3.77. The standard InChI is InChI=1S/C25H21NO5/c1-26(13-16-5-3-2-4-6-16)14-20-21(27)9-7-18-11-19(25(28)31-24(18)20)17-8-10-22-23(12-17)30-15-29-22/h2-12,27H,13-15H2,1H3. The van der Waals surface area contributed by atoms with E-state index in [0.29, 0.717) is 46.9 Å². The summed E-state index contributed by atoms with van der Waals surface area (Å²) in [6.45, 7) is 1.31. The minimum absolute atomic E-state index is 0.103. The number of hydrogen-bond acceptors (Lipinski definition) is 6. The number of phenolic OH excluding ortho intramolecular Hbond substituents is 1. The number of nitrogens with zero attached hydrogens (tertiary/aromatic N) is 1. The van der Waals surface area contributed by atoms with E-state index in [1.165, 1.54) is 0 Å². The van der Waals surface area contributed by atoms with Crippen molar-refractivity contribution in [2.45, 2.75) is 13.1 Å². The summed E-state index contributed by atoms with van der Waals surface area (Å²) in [5.74, 6) is 1.36. The van der Waals surface area contributed by atoms with Gasteiger partial charge in [-0.3, -0.25) is 4.90 Å². The van der Waals surface area contributed by atoms with Gasteiger partial charge in [-0.25, -0.2) is 4.79 Å². The van der Waals surface area contributed by atoms with E-state index >= 15 is 0 Å². The fourth-order valence-corrected chi connectivity index (χ4v) is 3.87. The first-order valence-corrected chi connectivity index (χ1v) is 10.00. The van der Waals surface area contributed by atoms with Crippen molar-refractivity contribution < 1.29 is 19.0 Å². The summed E-state index contributed by atoms with van der Waals surface area (Å²) in [5, 5.41) is 11.2. The van der Waals surface area contributed by atoms with E-state index in [9.17, 15) is 9.90 Å². The van der Waals surface area contributed by atoms with Crippen molar-refractivity contribution >= 4 is 11.0 Å². The fraction of sp³-hybridized carbons (Fsp3) is 0.160. The highest BCUT2D eigenvalue weighted by atomic mass is 16.7. The van der Waals surface area contributed by atoms with Crippen molar-refractivity contribution in [3.63, 3.8) is 0 Å². The van der Waals surface area contributed by atoms with Gasteiger partial charge in [0.05, 0.1) is 11.1 Å². The topological polar surface area (TPSA) is 72.1 Å². The molecule has 4 aromatic rings. The van der Waals surface area contributed by atoms with Gasteiger partial charge < -0.3 is 19.0 Å². The lowest BCUT2D eigenvalue weighted by molar-refractivity contribution is 0.174. The van der Waals surface area contributed by atoms with E-state index in [4.69, 9.17) is 13.9 Å². The van der Waals surface area contributed by atoms with E-state index in [0.717, 1.165) is 10.9 Å². The summed E-state index contributed by atoms with van der Waals surface area (Å²) in [6, 6.07) is 20.6. The number of ether oxygens (including phenoxy) is 2. The van der Waals surface area contributed by atoms with Crippen molar-refractivity contribution in [1.29, 1.82) is 0 Å². The third kappa shape index (κ3) is 3.73. The second-order valence-corrected chi connectivity index (χ2v) is 7.66. The van der Waals surface area contributed by atoms with Gasteiger partial charge in [0.1, 0.15) is 11.3 Å². The lowest BCUT2D eigenvalue weighted by atomic mass is 10.0. The van der Waals surface area contributed by atoms with Gasteiger partial charge in [-0.2, -0.15) is 0 Å². The van der Waals surface area contributed by atoms with Crippen molar-refractivity contribution in [3.8, 4) is 28.4 Å². The Balaban J connectivity index is 1.51. The van der Waals surface area contributed by atoms with Crippen LogP contribution in [0.4, 0.5) is 0 Å². The van der Waals surface area contributed by atoms with Crippen LogP contribution in [0.15, 0.2) is 75.9 Å². The molecule has 31 heavy (non-hydrogen) atoms. The molecule has 5 rings (SSSR count). The van der Waals surface area contributed by atoms with Crippen LogP contribution in [0.3, 0.4) is 0 Å². The average Bonchev–Trinajstić information content (AvgIpc) is 3.24. The number of benzene rings is 3. The Morgan fingerprint density at radius 1 is 0.935 bits per heavy atom. The molecule has 3 aromatic carbocycles. The number of rotatable bonds is 5. The van der Waals surface area contributed by atoms with Gasteiger partial charge in [0.2, 0.25) is 6.79 Å². The van der Waals surface area contributed by atoms with Crippen LogP contribution in [0.5, 0.6) is 17.2 Å². The number of phenols is 1. The average molecular weight is 415 g/mol. The minimum atomic E-state index is -0.469. The van der Waals surface area contributed by atoms with Gasteiger partial charge >= 0.3 is 5.63 Å². The van der Waals surface area contributed by atoms with Gasteiger partial charge in [-0.1, -0.05) is 36.4 Å². The zero-order chi connectivity index (χ0) is 21.4. The van der Waals surface area contributed by atoms with Gasteiger partial charge in [0.15, 0.2) is 11.5 Å². The van der Waals surface area contributed by atoms with Crippen molar-refractivity contribution in [3.05, 3.63) is 88.3 Å². The second-order valence-electron chi connectivity index (χ2n) is 7.66. The fourth-order valence-electron chi connectivity index (χ4n) is 3.87. The van der Waals surface area contributed by atoms with Crippen LogP contribution >= 0.6 is 0 Å². The van der Waals surface area contributed by atoms with E-state index < -0.39 is 5.63 Å². The third-order valence-electron chi connectivity index (χ3n) is 5.39. The molecular formula is C25H21NO5. The quantitative estimate of drug-likeness (QED) is 0.483. The van der Waals surface area contributed by atoms with Crippen molar-refractivity contribution in [2.75, 3.05) is 13.8 Å². The predicted octanol–water partition coefficient (Wildman–Crippen LogP) is 4.53. The lowest BCUT2D eigenvalue weighted by Gasteiger charge is -2.18. The summed E-state index contributed by atoms with van der Waals surface area (Å²) < 4.78 is 16.5. The summed E-state index contributed by atoms with van der Waals surface area (Å²) in [6.07, 6.45) is 0. The normalized spacial score (nSPS) is 12.6. The number of aromatic hydroxyl groups is 1. The predicted molar refractivity (Wildman–Crippen MR) is 117 cm³/mol. The first-order chi connectivity index (χ1) is 15.1. The van der Waals surface area contributed by atoms with Crippen molar-refractivity contribution in [2.24, 2.45) is 0 Å². The molecule has 0 saturated carbocycles. The molecule has 1 aromatic heterocycles. The Morgan fingerprint density at radius 3 is 2.58 bits per heavy atom. The van der Waals surface area contributed by atoms with E-state index in [2.05, 4.69) is 17.0 Å². The molecule has 1 N–H and O–H groups in total. The molecule has 0 spiro atoms. The van der Waals surface area contributed by atoms with Gasteiger partial charge in [0.25, 0.3) is 0 Å². The molecule has 6 heteroatoms. The van der Waals surface area contributed by atoms with Gasteiger partial charge in [-0.05, 0) is 48.5 Å². The van der Waals surface area contributed by atoms with Crippen LogP contribution in [0.25, 0.3) is 22.1 Å². The molecule has 156 valence electrons. The lowest BCUT2D eigenvalue weighted by Crippen LogP contribution is -2.17. The van der Waals surface area contributed by atoms with Crippen LogP contribution in [0.2, 0.25) is 0 Å². The highest BCUT2D eigenvalue weighted by Gasteiger charge is 2.18. The first-order valence-electron chi connectivity index (χ1n) is 10.00. The zero-order valence-electron chi connectivity index (χ0n) is 17.0. The third-order valence-corrected chi connectivity index (χ3v) is 5.39. The molecule has 0 atom stereocenters. The van der Waals surface area contributed by atoms with Crippen LogP contribution in [-0.2, 0) is 13.1 Å². The van der Waals surface area contributed by atoms with Crippen LogP contribution < -0.4 is 15.1 Å². The Bertz CT molecular complexity index is 1310. The Morgan fingerprint density at radius 2 is 1.74 bits per heavy atom. The summed E-state index contributed by atoms with van der Waals surface area (Å²) in [5.41, 5.74) is 2.80. The molecule has 0 unspecified atom stereocenters. The smallest absolute Gasteiger partial charge is 0.344 e. The highest BCUT2D eigenvalue weighted by Crippen LogP contribution is 2.36. The number of fused-ring (bicyclic) bond motifs is 2. The van der Waals surface area contributed by atoms with Crippen LogP contribution in [0, 0.1) is 0 Å². The second kappa shape index (κ2) is 7.81. The summed E-state index contributed by atoms with van der Waals surface area (Å²) in [7, 11) is 1.96. The summed E-state index contributed by atoms with van der Waals surface area (Å²) >= 11 is 0. The van der Waals surface area contributed by atoms with Crippen molar-refractivity contribution in [1.82, 2.24) is 4.90 Å². The highest BCUT2D eigenvalue weighted by molar-refractivity contribution is 5.86. The summed E-state index contributed by atoms with van der Waals surface area (Å²) in [4.78, 5) is 14.9. The Kier molecular flexibility index (Phi) is 4.84. The van der Waals surface area contributed by atoms with Gasteiger partial charge in [-0.15, -0.1) is 0 Å². The molecule has 6 nitrogen and oxygen atoms in total. The monoisotopic (exact) mass is 415 g/mol. The van der Waals surface area contributed by atoms with Crippen LogP contribution in [0.1, 0.15) is 11.1 Å².